The maximum atomic E-state index is 12.2. The quantitative estimate of drug-likeness (QED) is 0.812. The van der Waals surface area contributed by atoms with Crippen LogP contribution in [0.2, 0.25) is 0 Å². The van der Waals surface area contributed by atoms with E-state index in [0.29, 0.717) is 12.6 Å². The lowest BCUT2D eigenvalue weighted by atomic mass is 9.94. The minimum atomic E-state index is -0.446. The van der Waals surface area contributed by atoms with Gasteiger partial charge in [0.15, 0.2) is 0 Å². The van der Waals surface area contributed by atoms with E-state index in [1.165, 1.54) is 19.3 Å². The van der Waals surface area contributed by atoms with Crippen LogP contribution in [0.3, 0.4) is 0 Å². The van der Waals surface area contributed by atoms with Crippen molar-refractivity contribution in [3.8, 4) is 5.75 Å². The molecule has 0 amide bonds. The second-order valence-electron chi connectivity index (χ2n) is 5.28. The monoisotopic (exact) mass is 277 g/mol. The molecule has 1 aromatic rings. The lowest BCUT2D eigenvalue weighted by molar-refractivity contribution is -0.146. The van der Waals surface area contributed by atoms with E-state index >= 15 is 0 Å². The highest BCUT2D eigenvalue weighted by atomic mass is 16.5. The number of rotatable bonds is 5. The number of phenols is 1. The Morgan fingerprint density at radius 2 is 1.95 bits per heavy atom. The lowest BCUT2D eigenvalue weighted by Gasteiger charge is -2.27. The molecule has 1 aromatic carbocycles. The van der Waals surface area contributed by atoms with Crippen LogP contribution in [0, 0.1) is 0 Å². The largest absolute Gasteiger partial charge is 0.508 e. The molecule has 0 spiro atoms. The summed E-state index contributed by atoms with van der Waals surface area (Å²) in [6.45, 7) is 2.19. The van der Waals surface area contributed by atoms with E-state index in [4.69, 9.17) is 4.74 Å². The summed E-state index contributed by atoms with van der Waals surface area (Å²) >= 11 is 0. The zero-order chi connectivity index (χ0) is 14.4. The van der Waals surface area contributed by atoms with Gasteiger partial charge in [0.1, 0.15) is 11.8 Å². The molecule has 1 aliphatic rings. The standard InChI is InChI=1S/C16H23NO3/c1-2-20-16(19)15(12-8-10-14(18)11-9-12)17-13-6-4-3-5-7-13/h8-11,13,15,17-18H,2-7H2,1H3. The Hall–Kier alpha value is -1.55. The average Bonchev–Trinajstić information content (AvgIpc) is 2.47. The fourth-order valence-electron chi connectivity index (χ4n) is 2.70. The van der Waals surface area contributed by atoms with Gasteiger partial charge in [-0.3, -0.25) is 5.32 Å². The van der Waals surface area contributed by atoms with E-state index in [2.05, 4.69) is 5.32 Å². The van der Waals surface area contributed by atoms with Crippen molar-refractivity contribution in [1.82, 2.24) is 5.32 Å². The molecule has 20 heavy (non-hydrogen) atoms. The Morgan fingerprint density at radius 1 is 1.30 bits per heavy atom. The highest BCUT2D eigenvalue weighted by Gasteiger charge is 2.25. The molecule has 1 atom stereocenters. The summed E-state index contributed by atoms with van der Waals surface area (Å²) in [5.74, 6) is -0.0437. The minimum absolute atomic E-state index is 0.203. The number of aromatic hydroxyl groups is 1. The summed E-state index contributed by atoms with van der Waals surface area (Å²) in [6, 6.07) is 6.67. The van der Waals surface area contributed by atoms with Crippen LogP contribution in [-0.4, -0.2) is 23.7 Å². The first-order chi connectivity index (χ1) is 9.70. The molecule has 1 unspecified atom stereocenters. The second-order valence-corrected chi connectivity index (χ2v) is 5.28. The predicted molar refractivity (Wildman–Crippen MR) is 77.5 cm³/mol. The Balaban J connectivity index is 2.10. The molecule has 0 aliphatic heterocycles. The van der Waals surface area contributed by atoms with E-state index in [9.17, 15) is 9.90 Å². The highest BCUT2D eigenvalue weighted by Crippen LogP contribution is 2.23. The first-order valence-corrected chi connectivity index (χ1v) is 7.42. The van der Waals surface area contributed by atoms with E-state index in [-0.39, 0.29) is 11.7 Å². The summed E-state index contributed by atoms with van der Waals surface area (Å²) in [6.07, 6.45) is 5.91. The fraction of sp³-hybridized carbons (Fsp3) is 0.562. The van der Waals surface area contributed by atoms with E-state index in [1.54, 1.807) is 24.3 Å². The number of benzene rings is 1. The number of esters is 1. The number of carbonyl (C=O) groups is 1. The van der Waals surface area contributed by atoms with Gasteiger partial charge < -0.3 is 9.84 Å². The van der Waals surface area contributed by atoms with E-state index in [0.717, 1.165) is 18.4 Å². The Labute approximate surface area is 120 Å². The number of phenolic OH excluding ortho intramolecular Hbond substituents is 1. The van der Waals surface area contributed by atoms with Gasteiger partial charge in [-0.25, -0.2) is 4.79 Å². The summed E-state index contributed by atoms with van der Waals surface area (Å²) in [5.41, 5.74) is 0.840. The number of nitrogens with one attached hydrogen (secondary N) is 1. The predicted octanol–water partition coefficient (Wildman–Crippen LogP) is 2.92. The van der Waals surface area contributed by atoms with Crippen molar-refractivity contribution in [3.63, 3.8) is 0 Å². The van der Waals surface area contributed by atoms with Crippen LogP contribution in [0.4, 0.5) is 0 Å². The van der Waals surface area contributed by atoms with Crippen molar-refractivity contribution in [1.29, 1.82) is 0 Å². The van der Waals surface area contributed by atoms with Gasteiger partial charge in [0.05, 0.1) is 6.61 Å². The molecule has 0 saturated heterocycles. The number of ether oxygens (including phenoxy) is 1. The van der Waals surface area contributed by atoms with Crippen LogP contribution in [0.15, 0.2) is 24.3 Å². The average molecular weight is 277 g/mol. The van der Waals surface area contributed by atoms with Crippen LogP contribution >= 0.6 is 0 Å². The lowest BCUT2D eigenvalue weighted by Crippen LogP contribution is -2.39. The first-order valence-electron chi connectivity index (χ1n) is 7.42. The third-order valence-electron chi connectivity index (χ3n) is 3.76. The molecule has 1 saturated carbocycles. The third kappa shape index (κ3) is 3.97. The van der Waals surface area contributed by atoms with Gasteiger partial charge in [0.2, 0.25) is 0 Å². The number of carbonyl (C=O) groups excluding carboxylic acids is 1. The molecule has 0 aromatic heterocycles. The first kappa shape index (κ1) is 14.9. The maximum Gasteiger partial charge on any atom is 0.327 e. The second kappa shape index (κ2) is 7.29. The van der Waals surface area contributed by atoms with Gasteiger partial charge in [-0.2, -0.15) is 0 Å². The smallest absolute Gasteiger partial charge is 0.327 e. The molecule has 0 radical (unpaired) electrons. The summed E-state index contributed by atoms with van der Waals surface area (Å²) in [5, 5.41) is 12.8. The molecule has 1 aliphatic carbocycles. The van der Waals surface area contributed by atoms with Gasteiger partial charge in [0.25, 0.3) is 0 Å². The molecular weight excluding hydrogens is 254 g/mol. The van der Waals surface area contributed by atoms with Crippen LogP contribution in [0.25, 0.3) is 0 Å². The topological polar surface area (TPSA) is 58.6 Å². The van der Waals surface area contributed by atoms with Crippen molar-refractivity contribution in [2.24, 2.45) is 0 Å². The van der Waals surface area contributed by atoms with Crippen LogP contribution in [0.1, 0.15) is 50.6 Å². The van der Waals surface area contributed by atoms with Crippen molar-refractivity contribution in [2.45, 2.75) is 51.1 Å². The number of hydrogen-bond acceptors (Lipinski definition) is 4. The van der Waals surface area contributed by atoms with Gasteiger partial charge in [-0.15, -0.1) is 0 Å². The van der Waals surface area contributed by atoms with Crippen molar-refractivity contribution in [3.05, 3.63) is 29.8 Å². The van der Waals surface area contributed by atoms with Gasteiger partial charge >= 0.3 is 5.97 Å². The van der Waals surface area contributed by atoms with Crippen LogP contribution < -0.4 is 5.32 Å². The van der Waals surface area contributed by atoms with Crippen molar-refractivity contribution in [2.75, 3.05) is 6.61 Å². The maximum absolute atomic E-state index is 12.2. The minimum Gasteiger partial charge on any atom is -0.508 e. The number of hydrogen-bond donors (Lipinski definition) is 2. The molecular formula is C16H23NO3. The zero-order valence-corrected chi connectivity index (χ0v) is 12.0. The summed E-state index contributed by atoms with van der Waals surface area (Å²) < 4.78 is 5.17. The fourth-order valence-corrected chi connectivity index (χ4v) is 2.70. The van der Waals surface area contributed by atoms with Gasteiger partial charge in [-0.05, 0) is 37.5 Å². The molecule has 2 rings (SSSR count). The Bertz CT molecular complexity index is 424. The summed E-state index contributed by atoms with van der Waals surface area (Å²) in [4.78, 5) is 12.2. The zero-order valence-electron chi connectivity index (χ0n) is 12.0. The SMILES string of the molecule is CCOC(=O)C(NC1CCCCC1)c1ccc(O)cc1. The molecule has 0 heterocycles. The van der Waals surface area contributed by atoms with E-state index < -0.39 is 6.04 Å². The van der Waals surface area contributed by atoms with Crippen LogP contribution in [0.5, 0.6) is 5.75 Å². The molecule has 4 heteroatoms. The van der Waals surface area contributed by atoms with Gasteiger partial charge in [0, 0.05) is 6.04 Å². The Kier molecular flexibility index (Phi) is 5.41. The normalized spacial score (nSPS) is 17.6. The summed E-state index contributed by atoms with van der Waals surface area (Å²) in [7, 11) is 0. The van der Waals surface area contributed by atoms with Gasteiger partial charge in [-0.1, -0.05) is 31.4 Å². The van der Waals surface area contributed by atoms with Crippen molar-refractivity contribution < 1.29 is 14.6 Å². The molecule has 110 valence electrons. The van der Waals surface area contributed by atoms with Crippen LogP contribution in [-0.2, 0) is 9.53 Å². The van der Waals surface area contributed by atoms with E-state index in [1.807, 2.05) is 6.92 Å². The molecule has 1 fully saturated rings. The molecule has 4 nitrogen and oxygen atoms in total. The molecule has 2 N–H and O–H groups in total. The van der Waals surface area contributed by atoms with Crippen molar-refractivity contribution >= 4 is 5.97 Å². The molecule has 0 bridgehead atoms. The third-order valence-corrected chi connectivity index (χ3v) is 3.76. The Morgan fingerprint density at radius 3 is 2.55 bits per heavy atom. The highest BCUT2D eigenvalue weighted by molar-refractivity contribution is 5.77.